The molecular weight excluding hydrogens is 124 g/mol. The zero-order valence-corrected chi connectivity index (χ0v) is 5.33. The molecule has 0 aliphatic carbocycles. The molecule has 0 saturated carbocycles. The molecule has 0 fully saturated rings. The molecule has 0 radical (unpaired) electrons. The summed E-state index contributed by atoms with van der Waals surface area (Å²) in [5.74, 6) is 0. The van der Waals surface area contributed by atoms with Crippen molar-refractivity contribution in [1.82, 2.24) is 0 Å². The highest BCUT2D eigenvalue weighted by molar-refractivity contribution is 6.41. The van der Waals surface area contributed by atoms with E-state index in [0.717, 1.165) is 11.3 Å². The van der Waals surface area contributed by atoms with Crippen molar-refractivity contribution in [3.8, 4) is 0 Å². The van der Waals surface area contributed by atoms with Gasteiger partial charge in [0.25, 0.3) is 0 Å². The Kier molecular flexibility index (Phi) is 0.947. The molecule has 0 atom stereocenters. The SMILES string of the molecule is N=C1C=Nc2ccccc21. The van der Waals surface area contributed by atoms with Crippen molar-refractivity contribution >= 4 is 17.6 Å². The van der Waals surface area contributed by atoms with Gasteiger partial charge in [0.05, 0.1) is 17.6 Å². The number of hydrogen-bond donors (Lipinski definition) is 1. The second-order valence-corrected chi connectivity index (χ2v) is 2.19. The van der Waals surface area contributed by atoms with Crippen LogP contribution in [0, 0.1) is 5.41 Å². The summed E-state index contributed by atoms with van der Waals surface area (Å²) in [7, 11) is 0. The molecule has 0 bridgehead atoms. The van der Waals surface area contributed by atoms with E-state index in [1.165, 1.54) is 0 Å². The third kappa shape index (κ3) is 0.589. The Balaban J connectivity index is 2.70. The van der Waals surface area contributed by atoms with Crippen molar-refractivity contribution in [3.63, 3.8) is 0 Å². The van der Waals surface area contributed by atoms with Gasteiger partial charge in [0.1, 0.15) is 0 Å². The van der Waals surface area contributed by atoms with Crippen LogP contribution in [0.3, 0.4) is 0 Å². The van der Waals surface area contributed by atoms with Gasteiger partial charge in [-0.1, -0.05) is 18.2 Å². The standard InChI is InChI=1S/C8H6N2/c9-7-5-10-8-4-2-1-3-6(7)8/h1-5,9H. The van der Waals surface area contributed by atoms with E-state index in [2.05, 4.69) is 4.99 Å². The number of hydrogen-bond acceptors (Lipinski definition) is 2. The molecule has 2 nitrogen and oxygen atoms in total. The van der Waals surface area contributed by atoms with E-state index in [1.807, 2.05) is 24.3 Å². The molecular formula is C8H6N2. The second-order valence-electron chi connectivity index (χ2n) is 2.19. The Hall–Kier alpha value is -1.44. The van der Waals surface area contributed by atoms with Crippen LogP contribution in [0.1, 0.15) is 5.56 Å². The zero-order valence-electron chi connectivity index (χ0n) is 5.33. The number of aliphatic imine (C=N–C) groups is 1. The van der Waals surface area contributed by atoms with E-state index in [0.29, 0.717) is 5.71 Å². The number of rotatable bonds is 0. The summed E-state index contributed by atoms with van der Waals surface area (Å²) in [5, 5.41) is 7.38. The van der Waals surface area contributed by atoms with Gasteiger partial charge in [-0.3, -0.25) is 10.4 Å². The fourth-order valence-electron chi connectivity index (χ4n) is 1.02. The molecule has 0 spiro atoms. The van der Waals surface area contributed by atoms with Gasteiger partial charge in [0.15, 0.2) is 0 Å². The maximum atomic E-state index is 7.38. The third-order valence-corrected chi connectivity index (χ3v) is 1.53. The minimum Gasteiger partial charge on any atom is -0.299 e. The molecule has 10 heavy (non-hydrogen) atoms. The Morgan fingerprint density at radius 2 is 2.00 bits per heavy atom. The Morgan fingerprint density at radius 1 is 1.20 bits per heavy atom. The Bertz CT molecular complexity index is 313. The van der Waals surface area contributed by atoms with Crippen LogP contribution in [0.5, 0.6) is 0 Å². The zero-order chi connectivity index (χ0) is 6.97. The molecule has 1 N–H and O–H groups in total. The lowest BCUT2D eigenvalue weighted by atomic mass is 10.1. The predicted molar refractivity (Wildman–Crippen MR) is 41.4 cm³/mol. The Labute approximate surface area is 58.7 Å². The van der Waals surface area contributed by atoms with Crippen molar-refractivity contribution in [3.05, 3.63) is 29.8 Å². The smallest absolute Gasteiger partial charge is 0.0816 e. The van der Waals surface area contributed by atoms with Gasteiger partial charge in [0, 0.05) is 5.56 Å². The van der Waals surface area contributed by atoms with Crippen LogP contribution in [-0.4, -0.2) is 11.9 Å². The van der Waals surface area contributed by atoms with Crippen LogP contribution in [0.25, 0.3) is 0 Å². The molecule has 0 saturated heterocycles. The van der Waals surface area contributed by atoms with Crippen molar-refractivity contribution in [2.45, 2.75) is 0 Å². The molecule has 2 heteroatoms. The normalized spacial score (nSPS) is 13.8. The first-order chi connectivity index (χ1) is 4.88. The van der Waals surface area contributed by atoms with E-state index < -0.39 is 0 Å². The number of nitrogens with one attached hydrogen (secondary N) is 1. The molecule has 0 aromatic heterocycles. The number of fused-ring (bicyclic) bond motifs is 1. The van der Waals surface area contributed by atoms with E-state index in [1.54, 1.807) is 6.21 Å². The average molecular weight is 130 g/mol. The summed E-state index contributed by atoms with van der Waals surface area (Å²) in [5.41, 5.74) is 2.35. The van der Waals surface area contributed by atoms with Crippen LogP contribution in [0.15, 0.2) is 29.3 Å². The summed E-state index contributed by atoms with van der Waals surface area (Å²) in [6, 6.07) is 7.66. The minimum absolute atomic E-state index is 0.510. The van der Waals surface area contributed by atoms with Gasteiger partial charge in [-0.2, -0.15) is 0 Å². The van der Waals surface area contributed by atoms with Gasteiger partial charge in [-0.05, 0) is 6.07 Å². The molecule has 2 rings (SSSR count). The topological polar surface area (TPSA) is 36.2 Å². The van der Waals surface area contributed by atoms with Crippen LogP contribution >= 0.6 is 0 Å². The first-order valence-corrected chi connectivity index (χ1v) is 3.10. The summed E-state index contributed by atoms with van der Waals surface area (Å²) in [6.07, 6.45) is 1.57. The minimum atomic E-state index is 0.510. The fraction of sp³-hybridized carbons (Fsp3) is 0. The molecule has 1 aliphatic heterocycles. The lowest BCUT2D eigenvalue weighted by Crippen LogP contribution is -1.92. The highest BCUT2D eigenvalue weighted by Gasteiger charge is 2.08. The fourth-order valence-corrected chi connectivity index (χ4v) is 1.02. The van der Waals surface area contributed by atoms with Crippen molar-refractivity contribution in [1.29, 1.82) is 5.41 Å². The highest BCUT2D eigenvalue weighted by Crippen LogP contribution is 2.22. The van der Waals surface area contributed by atoms with E-state index >= 15 is 0 Å². The van der Waals surface area contributed by atoms with Gasteiger partial charge >= 0.3 is 0 Å². The second kappa shape index (κ2) is 1.77. The third-order valence-electron chi connectivity index (χ3n) is 1.53. The number of nitrogens with zero attached hydrogens (tertiary/aromatic N) is 1. The molecule has 1 aliphatic rings. The molecule has 1 aromatic carbocycles. The van der Waals surface area contributed by atoms with Crippen molar-refractivity contribution < 1.29 is 0 Å². The quantitative estimate of drug-likeness (QED) is 0.555. The first-order valence-electron chi connectivity index (χ1n) is 3.10. The van der Waals surface area contributed by atoms with Crippen LogP contribution < -0.4 is 0 Å². The lowest BCUT2D eigenvalue weighted by molar-refractivity contribution is 1.51. The Morgan fingerprint density at radius 3 is 2.80 bits per heavy atom. The van der Waals surface area contributed by atoms with Crippen molar-refractivity contribution in [2.75, 3.05) is 0 Å². The highest BCUT2D eigenvalue weighted by atomic mass is 14.8. The maximum absolute atomic E-state index is 7.38. The largest absolute Gasteiger partial charge is 0.299 e. The molecule has 1 heterocycles. The summed E-state index contributed by atoms with van der Waals surface area (Å²) in [6.45, 7) is 0. The van der Waals surface area contributed by atoms with Gasteiger partial charge in [-0.15, -0.1) is 0 Å². The summed E-state index contributed by atoms with van der Waals surface area (Å²) < 4.78 is 0. The molecule has 0 unspecified atom stereocenters. The van der Waals surface area contributed by atoms with Crippen LogP contribution in [0.4, 0.5) is 5.69 Å². The average Bonchev–Trinajstić information content (AvgIpc) is 2.34. The molecule has 1 aromatic rings. The molecule has 0 amide bonds. The van der Waals surface area contributed by atoms with Gasteiger partial charge < -0.3 is 0 Å². The van der Waals surface area contributed by atoms with Crippen molar-refractivity contribution in [2.24, 2.45) is 4.99 Å². The number of benzene rings is 1. The van der Waals surface area contributed by atoms with E-state index in [9.17, 15) is 0 Å². The van der Waals surface area contributed by atoms with Crippen LogP contribution in [-0.2, 0) is 0 Å². The summed E-state index contributed by atoms with van der Waals surface area (Å²) >= 11 is 0. The monoisotopic (exact) mass is 130 g/mol. The van der Waals surface area contributed by atoms with Gasteiger partial charge in [-0.25, -0.2) is 0 Å². The van der Waals surface area contributed by atoms with E-state index in [4.69, 9.17) is 5.41 Å². The van der Waals surface area contributed by atoms with Gasteiger partial charge in [0.2, 0.25) is 0 Å². The lowest BCUT2D eigenvalue weighted by Gasteiger charge is -1.92. The first kappa shape index (κ1) is 5.35. The van der Waals surface area contributed by atoms with Crippen LogP contribution in [0.2, 0.25) is 0 Å². The maximum Gasteiger partial charge on any atom is 0.0816 e. The predicted octanol–water partition coefficient (Wildman–Crippen LogP) is 1.77. The summed E-state index contributed by atoms with van der Waals surface area (Å²) in [4.78, 5) is 4.03. The molecule has 48 valence electrons. The van der Waals surface area contributed by atoms with E-state index in [-0.39, 0.29) is 0 Å². The number of para-hydroxylation sites is 1.